The molecule has 186 valence electrons. The molecule has 0 amide bonds. The quantitative estimate of drug-likeness (QED) is 0.105. The molecular formula is C28H56O3. The first-order valence-corrected chi connectivity index (χ1v) is 14.1. The molecular weight excluding hydrogens is 384 g/mol. The third-order valence-electron chi connectivity index (χ3n) is 6.19. The Morgan fingerprint density at radius 2 is 0.645 bits per heavy atom. The zero-order valence-corrected chi connectivity index (χ0v) is 21.4. The molecule has 0 spiro atoms. The molecule has 0 radical (unpaired) electrons. The minimum atomic E-state index is -0.499. The Labute approximate surface area is 195 Å². The molecule has 0 heterocycles. The van der Waals surface area contributed by atoms with E-state index in [1.54, 1.807) is 0 Å². The summed E-state index contributed by atoms with van der Waals surface area (Å²) >= 11 is 0. The van der Waals surface area contributed by atoms with Gasteiger partial charge in [-0.25, -0.2) is 4.79 Å². The number of ether oxygens (including phenoxy) is 2. The predicted octanol–water partition coefficient (Wildman–Crippen LogP) is 10.2. The summed E-state index contributed by atoms with van der Waals surface area (Å²) in [6.45, 7) is 5.35. The van der Waals surface area contributed by atoms with Crippen molar-refractivity contribution in [3.05, 3.63) is 0 Å². The fourth-order valence-corrected chi connectivity index (χ4v) is 4.03. The van der Waals surface area contributed by atoms with Crippen LogP contribution in [-0.2, 0) is 9.47 Å². The highest BCUT2D eigenvalue weighted by Crippen LogP contribution is 2.15. The number of rotatable bonds is 25. The van der Waals surface area contributed by atoms with Crippen LogP contribution < -0.4 is 0 Å². The molecule has 0 rings (SSSR count). The van der Waals surface area contributed by atoms with Crippen LogP contribution in [0.5, 0.6) is 0 Å². The summed E-state index contributed by atoms with van der Waals surface area (Å²) in [6.07, 6.45) is 30.5. The van der Waals surface area contributed by atoms with Gasteiger partial charge in [0.2, 0.25) is 0 Å². The van der Waals surface area contributed by atoms with E-state index in [1.165, 1.54) is 122 Å². The van der Waals surface area contributed by atoms with Gasteiger partial charge >= 0.3 is 6.16 Å². The van der Waals surface area contributed by atoms with Crippen molar-refractivity contribution in [2.24, 2.45) is 0 Å². The summed E-state index contributed by atoms with van der Waals surface area (Å²) in [5.41, 5.74) is 0. The summed E-state index contributed by atoms with van der Waals surface area (Å²) in [5, 5.41) is 0. The van der Waals surface area contributed by atoms with E-state index in [0.29, 0.717) is 13.2 Å². The molecule has 0 aromatic carbocycles. The van der Waals surface area contributed by atoms with Crippen LogP contribution in [0.1, 0.15) is 162 Å². The predicted molar refractivity (Wildman–Crippen MR) is 135 cm³/mol. The van der Waals surface area contributed by atoms with Crippen LogP contribution in [0.3, 0.4) is 0 Å². The SMILES string of the molecule is CCCCCCCCCCCCCCCCCCCCCCCOC(=O)OCCCC. The number of unbranched alkanes of at least 4 members (excludes halogenated alkanes) is 21. The first-order chi connectivity index (χ1) is 15.3. The highest BCUT2D eigenvalue weighted by molar-refractivity contribution is 5.59. The molecule has 0 saturated carbocycles. The van der Waals surface area contributed by atoms with Crippen molar-refractivity contribution < 1.29 is 14.3 Å². The van der Waals surface area contributed by atoms with Gasteiger partial charge in [-0.05, 0) is 12.8 Å². The lowest BCUT2D eigenvalue weighted by atomic mass is 10.0. The van der Waals surface area contributed by atoms with Crippen LogP contribution in [0.4, 0.5) is 4.79 Å². The second-order valence-corrected chi connectivity index (χ2v) is 9.37. The van der Waals surface area contributed by atoms with Crippen molar-refractivity contribution in [1.29, 1.82) is 0 Å². The van der Waals surface area contributed by atoms with Gasteiger partial charge in [0.1, 0.15) is 0 Å². The van der Waals surface area contributed by atoms with Gasteiger partial charge in [-0.15, -0.1) is 0 Å². The molecule has 0 bridgehead atoms. The summed E-state index contributed by atoms with van der Waals surface area (Å²) in [7, 11) is 0. The second kappa shape index (κ2) is 27.3. The minimum Gasteiger partial charge on any atom is -0.434 e. The monoisotopic (exact) mass is 440 g/mol. The van der Waals surface area contributed by atoms with Gasteiger partial charge in [0.05, 0.1) is 13.2 Å². The Morgan fingerprint density at radius 1 is 0.387 bits per heavy atom. The number of carbonyl (C=O) groups is 1. The van der Waals surface area contributed by atoms with E-state index in [0.717, 1.165) is 25.7 Å². The first-order valence-electron chi connectivity index (χ1n) is 14.1. The Bertz CT molecular complexity index is 343. The minimum absolute atomic E-state index is 0.481. The van der Waals surface area contributed by atoms with Gasteiger partial charge in [0.15, 0.2) is 0 Å². The van der Waals surface area contributed by atoms with Crippen LogP contribution in [0, 0.1) is 0 Å². The van der Waals surface area contributed by atoms with E-state index in [9.17, 15) is 4.79 Å². The van der Waals surface area contributed by atoms with Crippen molar-refractivity contribution >= 4 is 6.16 Å². The average molecular weight is 441 g/mol. The van der Waals surface area contributed by atoms with E-state index >= 15 is 0 Å². The molecule has 3 nitrogen and oxygen atoms in total. The Morgan fingerprint density at radius 3 is 0.968 bits per heavy atom. The smallest absolute Gasteiger partial charge is 0.434 e. The number of hydrogen-bond acceptors (Lipinski definition) is 3. The van der Waals surface area contributed by atoms with Gasteiger partial charge in [-0.1, -0.05) is 149 Å². The Kier molecular flexibility index (Phi) is 26.7. The third kappa shape index (κ3) is 27.2. The molecule has 0 atom stereocenters. The maximum absolute atomic E-state index is 11.3. The summed E-state index contributed by atoms with van der Waals surface area (Å²) in [6, 6.07) is 0. The molecule has 0 aliphatic carbocycles. The van der Waals surface area contributed by atoms with E-state index in [-0.39, 0.29) is 0 Å². The summed E-state index contributed by atoms with van der Waals surface area (Å²) in [5.74, 6) is 0. The van der Waals surface area contributed by atoms with E-state index in [2.05, 4.69) is 13.8 Å². The molecule has 0 fully saturated rings. The lowest BCUT2D eigenvalue weighted by Gasteiger charge is -2.06. The van der Waals surface area contributed by atoms with E-state index in [4.69, 9.17) is 9.47 Å². The fraction of sp³-hybridized carbons (Fsp3) is 0.964. The average Bonchev–Trinajstić information content (AvgIpc) is 2.77. The summed E-state index contributed by atoms with van der Waals surface area (Å²) in [4.78, 5) is 11.3. The maximum atomic E-state index is 11.3. The van der Waals surface area contributed by atoms with Crippen LogP contribution >= 0.6 is 0 Å². The molecule has 0 saturated heterocycles. The van der Waals surface area contributed by atoms with Gasteiger partial charge in [-0.3, -0.25) is 0 Å². The highest BCUT2D eigenvalue weighted by Gasteiger charge is 2.02. The van der Waals surface area contributed by atoms with Crippen molar-refractivity contribution in [2.45, 2.75) is 162 Å². The normalized spacial score (nSPS) is 11.0. The van der Waals surface area contributed by atoms with Crippen molar-refractivity contribution in [3.63, 3.8) is 0 Å². The standard InChI is InChI=1S/C28H56O3/c1-3-5-7-8-9-10-11-12-13-14-15-16-17-18-19-20-21-22-23-24-25-27-31-28(29)30-26-6-4-2/h3-27H2,1-2H3. The van der Waals surface area contributed by atoms with Crippen molar-refractivity contribution in [3.8, 4) is 0 Å². The maximum Gasteiger partial charge on any atom is 0.508 e. The number of carbonyl (C=O) groups excluding carboxylic acids is 1. The fourth-order valence-electron chi connectivity index (χ4n) is 4.03. The molecule has 3 heteroatoms. The lowest BCUT2D eigenvalue weighted by molar-refractivity contribution is 0.0532. The lowest BCUT2D eigenvalue weighted by Crippen LogP contribution is -2.09. The van der Waals surface area contributed by atoms with Crippen LogP contribution in [0.25, 0.3) is 0 Å². The topological polar surface area (TPSA) is 35.5 Å². The molecule has 0 aliphatic rings. The van der Waals surface area contributed by atoms with Gasteiger partial charge < -0.3 is 9.47 Å². The second-order valence-electron chi connectivity index (χ2n) is 9.37. The molecule has 0 aromatic rings. The molecule has 0 unspecified atom stereocenters. The van der Waals surface area contributed by atoms with E-state index < -0.39 is 6.16 Å². The van der Waals surface area contributed by atoms with Crippen LogP contribution in [0.15, 0.2) is 0 Å². The van der Waals surface area contributed by atoms with Crippen LogP contribution in [-0.4, -0.2) is 19.4 Å². The largest absolute Gasteiger partial charge is 0.508 e. The zero-order chi connectivity index (χ0) is 22.7. The summed E-state index contributed by atoms with van der Waals surface area (Å²) < 4.78 is 10.0. The van der Waals surface area contributed by atoms with Gasteiger partial charge in [0, 0.05) is 0 Å². The van der Waals surface area contributed by atoms with Crippen molar-refractivity contribution in [2.75, 3.05) is 13.2 Å². The van der Waals surface area contributed by atoms with E-state index in [1.807, 2.05) is 0 Å². The zero-order valence-electron chi connectivity index (χ0n) is 21.4. The molecule has 0 aromatic heterocycles. The first kappa shape index (κ1) is 30.3. The molecule has 0 N–H and O–H groups in total. The van der Waals surface area contributed by atoms with Gasteiger partial charge in [-0.2, -0.15) is 0 Å². The Hall–Kier alpha value is -0.730. The molecule has 31 heavy (non-hydrogen) atoms. The number of hydrogen-bond donors (Lipinski definition) is 0. The van der Waals surface area contributed by atoms with Gasteiger partial charge in [0.25, 0.3) is 0 Å². The Balaban J connectivity index is 3.06. The van der Waals surface area contributed by atoms with Crippen molar-refractivity contribution in [1.82, 2.24) is 0 Å². The van der Waals surface area contributed by atoms with Crippen LogP contribution in [0.2, 0.25) is 0 Å². The highest BCUT2D eigenvalue weighted by atomic mass is 16.7. The third-order valence-corrected chi connectivity index (χ3v) is 6.19. The molecule has 0 aliphatic heterocycles.